The third kappa shape index (κ3) is 17.7. The van der Waals surface area contributed by atoms with Crippen molar-refractivity contribution in [2.45, 2.75) is 0 Å². The summed E-state index contributed by atoms with van der Waals surface area (Å²) in [6, 6.07) is 5.72. The van der Waals surface area contributed by atoms with Gasteiger partial charge in [-0.15, -0.1) is 0 Å². The summed E-state index contributed by atoms with van der Waals surface area (Å²) in [5.74, 6) is 0. The van der Waals surface area contributed by atoms with E-state index in [2.05, 4.69) is 4.98 Å². The number of hydrogen-bond acceptors (Lipinski definition) is 4. The molecule has 1 aromatic rings. The first-order chi connectivity index (χ1) is 3.00. The van der Waals surface area contributed by atoms with Gasteiger partial charge in [-0.2, -0.15) is 0 Å². The van der Waals surface area contributed by atoms with Gasteiger partial charge in [0.2, 0.25) is 0 Å². The molecule has 0 spiro atoms. The van der Waals surface area contributed by atoms with Crippen molar-refractivity contribution in [1.29, 1.82) is 0 Å². The number of pyridine rings is 1. The van der Waals surface area contributed by atoms with Crippen molar-refractivity contribution < 1.29 is 46.2 Å². The van der Waals surface area contributed by atoms with Gasteiger partial charge in [0.1, 0.15) is 0 Å². The summed E-state index contributed by atoms with van der Waals surface area (Å²) in [6.07, 6.45) is 3.50. The fourth-order valence-corrected chi connectivity index (χ4v) is 0.313. The number of nitrogens with zero attached hydrogens (tertiary/aromatic N) is 1. The van der Waals surface area contributed by atoms with Crippen LogP contribution in [0, 0.1) is 0 Å². The zero-order valence-electron chi connectivity index (χ0n) is 5.46. The van der Waals surface area contributed by atoms with Crippen molar-refractivity contribution in [2.75, 3.05) is 0 Å². The maximum atomic E-state index is 3.78. The number of hydrogen-bond donors (Lipinski definition) is 0. The minimum atomic E-state index is 0. The van der Waals surface area contributed by atoms with Crippen molar-refractivity contribution >= 4 is 0 Å². The van der Waals surface area contributed by atoms with E-state index < -0.39 is 0 Å². The van der Waals surface area contributed by atoms with E-state index in [4.69, 9.17) is 0 Å². The molecular weight excluding hydrogens is 210 g/mol. The van der Waals surface area contributed by atoms with Gasteiger partial charge in [0, 0.05) is 12.4 Å². The molecule has 0 aliphatic heterocycles. The average molecular weight is 218 g/mol. The van der Waals surface area contributed by atoms with Crippen LogP contribution in [0.3, 0.4) is 0 Å². The molecule has 0 aliphatic carbocycles. The molecule has 1 heterocycles. The summed E-state index contributed by atoms with van der Waals surface area (Å²) >= 11 is 0. The molecule has 1 rings (SSSR count). The van der Waals surface area contributed by atoms with Crippen LogP contribution in [-0.2, 0) is 17.4 Å². The molecule has 4 nitrogen and oxygen atoms in total. The molecule has 0 atom stereocenters. The first kappa shape index (κ1) is 30.8. The molecule has 0 aliphatic rings. The van der Waals surface area contributed by atoms with Crippen molar-refractivity contribution in [2.24, 2.45) is 0 Å². The second kappa shape index (κ2) is 22.5. The first-order valence-corrected chi connectivity index (χ1v) is 1.85. The van der Waals surface area contributed by atoms with Crippen LogP contribution in [-0.4, -0.2) is 21.4 Å². The topological polar surface area (TPSA) is 103 Å². The second-order valence-corrected chi connectivity index (χ2v) is 1.02. The second-order valence-electron chi connectivity index (χ2n) is 1.02. The van der Waals surface area contributed by atoms with Gasteiger partial charge in [0.25, 0.3) is 0 Å². The quantitative estimate of drug-likeness (QED) is 0.481. The fourth-order valence-electron chi connectivity index (χ4n) is 0.313. The fraction of sp³-hybridized carbons (Fsp3) is 0. The SMILES string of the molecule is [Cl-].[Cr+4].[OH-].[OH-].[OH-].c1ccncc1. The monoisotopic (exact) mass is 217 g/mol. The van der Waals surface area contributed by atoms with Crippen molar-refractivity contribution in [3.8, 4) is 0 Å². The molecule has 1 aromatic heterocycles. The Morgan fingerprint density at radius 1 is 0.727 bits per heavy atom. The third-order valence-corrected chi connectivity index (χ3v) is 0.566. The smallest absolute Gasteiger partial charge is 1.00 e. The molecule has 11 heavy (non-hydrogen) atoms. The molecule has 0 radical (unpaired) electrons. The zero-order valence-corrected chi connectivity index (χ0v) is 7.49. The van der Waals surface area contributed by atoms with Crippen LogP contribution in [0.1, 0.15) is 0 Å². The molecule has 6 heteroatoms. The molecule has 0 bridgehead atoms. The van der Waals surface area contributed by atoms with Crippen molar-refractivity contribution in [1.82, 2.24) is 4.98 Å². The minimum Gasteiger partial charge on any atom is -1.00 e. The Kier molecular flexibility index (Phi) is 63.0. The molecular formula is C5H8ClCrNO3. The molecule has 3 N–H and O–H groups in total. The summed E-state index contributed by atoms with van der Waals surface area (Å²) in [4.78, 5) is 3.78. The van der Waals surface area contributed by atoms with Gasteiger partial charge in [0.15, 0.2) is 0 Å². The zero-order chi connectivity index (χ0) is 4.24. The summed E-state index contributed by atoms with van der Waals surface area (Å²) in [7, 11) is 0. The van der Waals surface area contributed by atoms with Gasteiger partial charge < -0.3 is 28.8 Å². The van der Waals surface area contributed by atoms with E-state index in [0.29, 0.717) is 0 Å². The molecule has 0 amide bonds. The summed E-state index contributed by atoms with van der Waals surface area (Å²) in [5.41, 5.74) is 0. The Hall–Kier alpha value is -0.148. The van der Waals surface area contributed by atoms with Gasteiger partial charge in [-0.25, -0.2) is 0 Å². The predicted molar refractivity (Wildman–Crippen MR) is 30.0 cm³/mol. The van der Waals surface area contributed by atoms with Crippen LogP contribution in [0.4, 0.5) is 0 Å². The first-order valence-electron chi connectivity index (χ1n) is 1.85. The van der Waals surface area contributed by atoms with E-state index >= 15 is 0 Å². The van der Waals surface area contributed by atoms with Crippen LogP contribution >= 0.6 is 0 Å². The Balaban J connectivity index is -0.0000000240. The summed E-state index contributed by atoms with van der Waals surface area (Å²) in [6.45, 7) is 0. The van der Waals surface area contributed by atoms with Crippen molar-refractivity contribution in [3.05, 3.63) is 30.6 Å². The maximum absolute atomic E-state index is 3.78. The van der Waals surface area contributed by atoms with Crippen LogP contribution in [0.15, 0.2) is 30.6 Å². The van der Waals surface area contributed by atoms with Crippen LogP contribution in [0.2, 0.25) is 0 Å². The van der Waals surface area contributed by atoms with E-state index in [0.717, 1.165) is 0 Å². The standard InChI is InChI=1S/C5H5N.ClH.Cr.3H2O/c1-2-4-6-5-3-1;;;;;/h1-5H;1H;;3*1H2/q;;+4;;;/p-4. The van der Waals surface area contributed by atoms with E-state index in [1.807, 2.05) is 18.2 Å². The van der Waals surface area contributed by atoms with Gasteiger partial charge >= 0.3 is 17.4 Å². The van der Waals surface area contributed by atoms with Gasteiger partial charge in [-0.05, 0) is 12.1 Å². The Morgan fingerprint density at radius 3 is 1.18 bits per heavy atom. The number of halogens is 1. The van der Waals surface area contributed by atoms with Gasteiger partial charge in [0.05, 0.1) is 0 Å². The van der Waals surface area contributed by atoms with E-state index in [9.17, 15) is 0 Å². The third-order valence-electron chi connectivity index (χ3n) is 0.566. The van der Waals surface area contributed by atoms with Gasteiger partial charge in [-0.3, -0.25) is 4.98 Å². The van der Waals surface area contributed by atoms with Crippen LogP contribution in [0.25, 0.3) is 0 Å². The maximum Gasteiger partial charge on any atom is 4.00 e. The minimum absolute atomic E-state index is 0. The van der Waals surface area contributed by atoms with Gasteiger partial charge in [-0.1, -0.05) is 6.07 Å². The Bertz CT molecular complexity index is 93.7. The number of aromatic nitrogens is 1. The van der Waals surface area contributed by atoms with E-state index in [1.165, 1.54) is 0 Å². The molecule has 64 valence electrons. The van der Waals surface area contributed by atoms with Crippen molar-refractivity contribution in [3.63, 3.8) is 0 Å². The molecule has 0 saturated carbocycles. The Morgan fingerprint density at radius 2 is 1.09 bits per heavy atom. The predicted octanol–water partition coefficient (Wildman–Crippen LogP) is -2.45. The number of rotatable bonds is 0. The summed E-state index contributed by atoms with van der Waals surface area (Å²) < 4.78 is 0. The normalized spacial score (nSPS) is 4.36. The molecule has 0 saturated heterocycles. The van der Waals surface area contributed by atoms with E-state index in [-0.39, 0.29) is 46.2 Å². The van der Waals surface area contributed by atoms with Crippen LogP contribution in [0.5, 0.6) is 0 Å². The average Bonchev–Trinajstić information content (AvgIpc) is 1.72. The molecule has 0 fully saturated rings. The molecule has 0 unspecified atom stereocenters. The summed E-state index contributed by atoms with van der Waals surface area (Å²) in [5, 5.41) is 0. The van der Waals surface area contributed by atoms with Crippen LogP contribution < -0.4 is 12.4 Å². The van der Waals surface area contributed by atoms with E-state index in [1.54, 1.807) is 12.4 Å². The Labute approximate surface area is 82.1 Å². The largest absolute Gasteiger partial charge is 4.00 e. The molecule has 0 aromatic carbocycles.